The molecule has 1 N–H and O–H groups in total. The summed E-state index contributed by atoms with van der Waals surface area (Å²) in [5.74, 6) is 0.0642. The summed E-state index contributed by atoms with van der Waals surface area (Å²) < 4.78 is 0. The van der Waals surface area contributed by atoms with Gasteiger partial charge in [0.15, 0.2) is 0 Å². The third-order valence-electron chi connectivity index (χ3n) is 2.66. The highest BCUT2D eigenvalue weighted by atomic mass is 16.4. The van der Waals surface area contributed by atoms with Gasteiger partial charge in [0.1, 0.15) is 5.82 Å². The molecule has 0 aliphatic carbocycles. The Morgan fingerprint density at radius 3 is 3.00 bits per heavy atom. The van der Waals surface area contributed by atoms with Crippen molar-refractivity contribution < 1.29 is 9.90 Å². The molecule has 4 heteroatoms. The predicted octanol–water partition coefficient (Wildman–Crippen LogP) is 0.838. The number of hydrogen-bond donors (Lipinski definition) is 1. The third kappa shape index (κ3) is 1.36. The van der Waals surface area contributed by atoms with Gasteiger partial charge in [0.2, 0.25) is 0 Å². The third-order valence-corrected chi connectivity index (χ3v) is 2.66. The highest BCUT2D eigenvalue weighted by Crippen LogP contribution is 2.26. The minimum absolute atomic E-state index is 0.509. The number of hydrogen-bond acceptors (Lipinski definition) is 3. The number of aliphatic carboxylic acids is 1. The zero-order chi connectivity index (χ0) is 10.1. The van der Waals surface area contributed by atoms with E-state index in [1.807, 2.05) is 29.1 Å². The molecule has 0 aromatic carbocycles. The van der Waals surface area contributed by atoms with Crippen molar-refractivity contribution in [2.75, 3.05) is 20.1 Å². The quantitative estimate of drug-likeness (QED) is 0.671. The number of nitrogens with zero attached hydrogens (tertiary/aromatic N) is 2. The van der Waals surface area contributed by atoms with Crippen LogP contribution in [0.2, 0.25) is 0 Å². The van der Waals surface area contributed by atoms with Gasteiger partial charge in [0.25, 0.3) is 0 Å². The highest BCUT2D eigenvalue weighted by Gasteiger charge is 2.26. The summed E-state index contributed by atoms with van der Waals surface area (Å²) in [5, 5.41) is 9.05. The molecule has 0 spiro atoms. The summed E-state index contributed by atoms with van der Waals surface area (Å²) in [6.07, 6.45) is 5.51. The summed E-state index contributed by atoms with van der Waals surface area (Å²) in [6.45, 7) is 1.86. The molecule has 0 unspecified atom stereocenters. The van der Waals surface area contributed by atoms with Crippen LogP contribution in [0.25, 0.3) is 0 Å². The van der Waals surface area contributed by atoms with Gasteiger partial charge in [-0.15, -0.1) is 0 Å². The van der Waals surface area contributed by atoms with Crippen molar-refractivity contribution in [3.05, 3.63) is 23.7 Å². The molecule has 0 saturated carbocycles. The topological polar surface area (TPSA) is 43.8 Å². The average molecular weight is 194 g/mol. The molecule has 1 fully saturated rings. The zero-order valence-corrected chi connectivity index (χ0v) is 8.23. The summed E-state index contributed by atoms with van der Waals surface area (Å²) in [5.41, 5.74) is 0.509. The number of carboxylic acids is 1. The SMILES string of the molecule is CN1CCCN2C=CCC(C(=O)O)=C12. The maximum absolute atomic E-state index is 11.0. The summed E-state index contributed by atoms with van der Waals surface area (Å²) in [7, 11) is 1.95. The van der Waals surface area contributed by atoms with Crippen molar-refractivity contribution in [2.24, 2.45) is 0 Å². The lowest BCUT2D eigenvalue weighted by Gasteiger charge is -2.39. The molecular formula is C10H14N2O2. The molecule has 4 nitrogen and oxygen atoms in total. The van der Waals surface area contributed by atoms with Gasteiger partial charge in [-0.05, 0) is 6.42 Å². The summed E-state index contributed by atoms with van der Waals surface area (Å²) in [4.78, 5) is 15.1. The number of carboxylic acid groups (broad SMARTS) is 1. The molecule has 0 atom stereocenters. The van der Waals surface area contributed by atoms with Crippen LogP contribution in [0.4, 0.5) is 0 Å². The minimum Gasteiger partial charge on any atom is -0.478 e. The van der Waals surface area contributed by atoms with E-state index in [-0.39, 0.29) is 0 Å². The second-order valence-electron chi connectivity index (χ2n) is 3.66. The van der Waals surface area contributed by atoms with E-state index in [0.29, 0.717) is 12.0 Å². The lowest BCUT2D eigenvalue weighted by molar-refractivity contribution is -0.133. The Morgan fingerprint density at radius 1 is 1.50 bits per heavy atom. The highest BCUT2D eigenvalue weighted by molar-refractivity contribution is 5.88. The number of rotatable bonds is 1. The van der Waals surface area contributed by atoms with E-state index in [4.69, 9.17) is 5.11 Å². The van der Waals surface area contributed by atoms with Gasteiger partial charge < -0.3 is 14.9 Å². The molecule has 0 aromatic rings. The van der Waals surface area contributed by atoms with Crippen LogP contribution in [0.1, 0.15) is 12.8 Å². The second-order valence-corrected chi connectivity index (χ2v) is 3.66. The van der Waals surface area contributed by atoms with Crippen LogP contribution in [0.3, 0.4) is 0 Å². The first-order valence-corrected chi connectivity index (χ1v) is 4.81. The van der Waals surface area contributed by atoms with E-state index in [0.717, 1.165) is 25.3 Å². The molecule has 0 aromatic heterocycles. The number of allylic oxidation sites excluding steroid dienone is 1. The van der Waals surface area contributed by atoms with Gasteiger partial charge in [-0.25, -0.2) is 4.79 Å². The van der Waals surface area contributed by atoms with Gasteiger partial charge in [0, 0.05) is 32.8 Å². The Labute approximate surface area is 83.1 Å². The molecule has 1 saturated heterocycles. The van der Waals surface area contributed by atoms with Crippen molar-refractivity contribution in [2.45, 2.75) is 12.8 Å². The largest absolute Gasteiger partial charge is 0.478 e. The van der Waals surface area contributed by atoms with Crippen LogP contribution in [-0.4, -0.2) is 41.0 Å². The van der Waals surface area contributed by atoms with Gasteiger partial charge in [0.05, 0.1) is 5.57 Å². The fraction of sp³-hybridized carbons (Fsp3) is 0.500. The van der Waals surface area contributed by atoms with Crippen molar-refractivity contribution in [3.8, 4) is 0 Å². The summed E-state index contributed by atoms with van der Waals surface area (Å²) >= 11 is 0. The molecule has 2 aliphatic rings. The fourth-order valence-corrected chi connectivity index (χ4v) is 2.03. The first-order chi connectivity index (χ1) is 6.70. The Bertz CT molecular complexity index is 320. The van der Waals surface area contributed by atoms with Crippen molar-refractivity contribution in [1.82, 2.24) is 9.80 Å². The molecule has 76 valence electrons. The molecule has 2 aliphatic heterocycles. The van der Waals surface area contributed by atoms with Crippen LogP contribution in [0, 0.1) is 0 Å². The molecule has 0 radical (unpaired) electrons. The standard InChI is InChI=1S/C10H14N2O2/c1-11-5-3-7-12-6-2-4-8(9(11)12)10(13)14/h2,6H,3-5,7H2,1H3,(H,13,14). The number of carbonyl (C=O) groups is 1. The maximum Gasteiger partial charge on any atom is 0.335 e. The lowest BCUT2D eigenvalue weighted by Crippen LogP contribution is -2.40. The molecule has 14 heavy (non-hydrogen) atoms. The van der Waals surface area contributed by atoms with Crippen LogP contribution in [0.5, 0.6) is 0 Å². The monoisotopic (exact) mass is 194 g/mol. The van der Waals surface area contributed by atoms with E-state index >= 15 is 0 Å². The van der Waals surface area contributed by atoms with Crippen LogP contribution >= 0.6 is 0 Å². The second kappa shape index (κ2) is 3.36. The number of fused-ring (bicyclic) bond motifs is 1. The Balaban J connectivity index is 2.38. The molecule has 2 heterocycles. The summed E-state index contributed by atoms with van der Waals surface area (Å²) in [6, 6.07) is 0. The zero-order valence-electron chi connectivity index (χ0n) is 8.23. The predicted molar refractivity (Wildman–Crippen MR) is 52.4 cm³/mol. The maximum atomic E-state index is 11.0. The Kier molecular flexibility index (Phi) is 2.19. The van der Waals surface area contributed by atoms with Crippen molar-refractivity contribution in [3.63, 3.8) is 0 Å². The van der Waals surface area contributed by atoms with E-state index < -0.39 is 5.97 Å². The lowest BCUT2D eigenvalue weighted by atomic mass is 10.1. The van der Waals surface area contributed by atoms with Crippen molar-refractivity contribution in [1.29, 1.82) is 0 Å². The van der Waals surface area contributed by atoms with Crippen molar-refractivity contribution >= 4 is 5.97 Å². The van der Waals surface area contributed by atoms with Gasteiger partial charge in [-0.1, -0.05) is 6.08 Å². The average Bonchev–Trinajstić information content (AvgIpc) is 2.17. The molecule has 0 bridgehead atoms. The normalized spacial score (nSPS) is 21.2. The first kappa shape index (κ1) is 9.12. The van der Waals surface area contributed by atoms with Gasteiger partial charge in [-0.2, -0.15) is 0 Å². The van der Waals surface area contributed by atoms with Gasteiger partial charge >= 0.3 is 5.97 Å². The smallest absolute Gasteiger partial charge is 0.335 e. The fourth-order valence-electron chi connectivity index (χ4n) is 2.03. The van der Waals surface area contributed by atoms with E-state index in [1.165, 1.54) is 0 Å². The van der Waals surface area contributed by atoms with Crippen LogP contribution in [0.15, 0.2) is 23.7 Å². The van der Waals surface area contributed by atoms with E-state index in [9.17, 15) is 4.79 Å². The molecular weight excluding hydrogens is 180 g/mol. The van der Waals surface area contributed by atoms with Crippen LogP contribution < -0.4 is 0 Å². The Hall–Kier alpha value is -1.45. The molecule has 0 amide bonds. The van der Waals surface area contributed by atoms with E-state index in [2.05, 4.69) is 0 Å². The first-order valence-electron chi connectivity index (χ1n) is 4.81. The van der Waals surface area contributed by atoms with Crippen LogP contribution in [-0.2, 0) is 4.79 Å². The Morgan fingerprint density at radius 2 is 2.29 bits per heavy atom. The van der Waals surface area contributed by atoms with E-state index in [1.54, 1.807) is 0 Å². The van der Waals surface area contributed by atoms with Gasteiger partial charge in [-0.3, -0.25) is 0 Å². The minimum atomic E-state index is -0.803. The molecule has 2 rings (SSSR count).